The monoisotopic (exact) mass is 238 g/mol. The van der Waals surface area contributed by atoms with Gasteiger partial charge in [0.25, 0.3) is 0 Å². The van der Waals surface area contributed by atoms with E-state index in [2.05, 4.69) is 24.2 Å². The van der Waals surface area contributed by atoms with Gasteiger partial charge in [0.05, 0.1) is 19.5 Å². The molecule has 3 nitrogen and oxygen atoms in total. The van der Waals surface area contributed by atoms with Gasteiger partial charge in [-0.15, -0.1) is 0 Å². The minimum Gasteiger partial charge on any atom is -0.346 e. The van der Waals surface area contributed by atoms with Crippen molar-refractivity contribution in [2.45, 2.75) is 46.0 Å². The van der Waals surface area contributed by atoms with Crippen LogP contribution in [0.2, 0.25) is 0 Å². The van der Waals surface area contributed by atoms with Crippen molar-refractivity contribution in [1.82, 2.24) is 0 Å². The normalized spacial score (nSPS) is 28.6. The lowest BCUT2D eigenvalue weighted by Gasteiger charge is -2.27. The van der Waals surface area contributed by atoms with E-state index in [1.807, 2.05) is 0 Å². The highest BCUT2D eigenvalue weighted by Gasteiger charge is 2.33. The van der Waals surface area contributed by atoms with Crippen LogP contribution in [-0.2, 0) is 4.79 Å². The Balaban J connectivity index is 1.89. The largest absolute Gasteiger partial charge is 0.346 e. The minimum atomic E-state index is 0.165. The van der Waals surface area contributed by atoms with Crippen LogP contribution in [0.1, 0.15) is 46.0 Å². The van der Waals surface area contributed by atoms with Crippen molar-refractivity contribution in [1.29, 1.82) is 0 Å². The molecule has 1 aliphatic carbocycles. The number of carbonyl (C=O) groups is 1. The first-order valence-electron chi connectivity index (χ1n) is 6.97. The highest BCUT2D eigenvalue weighted by molar-refractivity contribution is 6.02. The molecular weight excluding hydrogens is 212 g/mol. The lowest BCUT2D eigenvalue weighted by atomic mass is 9.76. The molecule has 0 aromatic carbocycles. The van der Waals surface area contributed by atoms with Crippen LogP contribution >= 0.6 is 0 Å². The Morgan fingerprint density at radius 1 is 1.29 bits per heavy atom. The fourth-order valence-corrected chi connectivity index (χ4v) is 3.15. The third kappa shape index (κ3) is 3.91. The molecule has 0 spiro atoms. The summed E-state index contributed by atoms with van der Waals surface area (Å²) < 4.78 is 0. The van der Waals surface area contributed by atoms with Crippen molar-refractivity contribution in [2.24, 2.45) is 11.3 Å². The van der Waals surface area contributed by atoms with E-state index in [0.717, 1.165) is 25.3 Å². The SMILES string of the molecule is CC1(C)CC(=O)CC(=[NH+]CC2CC[NH2+]CC2)C1. The maximum absolute atomic E-state index is 11.7. The molecule has 0 aromatic rings. The quantitative estimate of drug-likeness (QED) is 0.654. The molecule has 2 fully saturated rings. The molecule has 96 valence electrons. The fourth-order valence-electron chi connectivity index (χ4n) is 3.15. The van der Waals surface area contributed by atoms with Gasteiger partial charge in [-0.05, 0) is 5.41 Å². The zero-order valence-electron chi connectivity index (χ0n) is 11.2. The van der Waals surface area contributed by atoms with E-state index in [0.29, 0.717) is 12.2 Å². The third-order valence-corrected chi connectivity index (χ3v) is 3.98. The zero-order valence-corrected chi connectivity index (χ0v) is 11.2. The molecular formula is C14H26N2O+2. The molecule has 3 heteroatoms. The first-order valence-corrected chi connectivity index (χ1v) is 6.97. The van der Waals surface area contributed by atoms with Crippen LogP contribution in [0, 0.1) is 11.3 Å². The van der Waals surface area contributed by atoms with Crippen molar-refractivity contribution >= 4 is 11.5 Å². The molecule has 0 aromatic heterocycles. The molecule has 1 saturated carbocycles. The number of nitrogens with one attached hydrogen (secondary N) is 1. The molecule has 0 radical (unpaired) electrons. The molecule has 1 saturated heterocycles. The molecule has 0 amide bonds. The summed E-state index contributed by atoms with van der Waals surface area (Å²) in [6.45, 7) is 8.01. The van der Waals surface area contributed by atoms with Gasteiger partial charge in [0.15, 0.2) is 5.71 Å². The summed E-state index contributed by atoms with van der Waals surface area (Å²) in [5.74, 6) is 1.22. The van der Waals surface area contributed by atoms with Crippen molar-refractivity contribution < 1.29 is 15.1 Å². The van der Waals surface area contributed by atoms with Gasteiger partial charge in [-0.2, -0.15) is 0 Å². The fraction of sp³-hybridized carbons (Fsp3) is 0.857. The predicted octanol–water partition coefficient (Wildman–Crippen LogP) is -0.739. The van der Waals surface area contributed by atoms with Gasteiger partial charge in [0, 0.05) is 31.6 Å². The molecule has 3 N–H and O–H groups in total. The van der Waals surface area contributed by atoms with E-state index in [4.69, 9.17) is 0 Å². The Hall–Kier alpha value is -0.700. The Morgan fingerprint density at radius 2 is 2.00 bits per heavy atom. The van der Waals surface area contributed by atoms with Gasteiger partial charge in [-0.1, -0.05) is 13.8 Å². The smallest absolute Gasteiger partial charge is 0.158 e. The minimum absolute atomic E-state index is 0.165. The summed E-state index contributed by atoms with van der Waals surface area (Å²) in [5, 5.41) is 2.40. The average Bonchev–Trinajstić information content (AvgIpc) is 2.25. The number of nitrogens with two attached hydrogens (primary N) is 1. The second kappa shape index (κ2) is 5.30. The van der Waals surface area contributed by atoms with E-state index in [-0.39, 0.29) is 5.41 Å². The lowest BCUT2D eigenvalue weighted by Crippen LogP contribution is -2.87. The van der Waals surface area contributed by atoms with Crippen LogP contribution in [-0.4, -0.2) is 31.1 Å². The number of quaternary nitrogens is 1. The summed E-state index contributed by atoms with van der Waals surface area (Å²) in [4.78, 5) is 15.2. The average molecular weight is 238 g/mol. The van der Waals surface area contributed by atoms with Gasteiger partial charge in [-0.3, -0.25) is 4.79 Å². The number of Topliss-reactive ketones (excluding diaryl/α,β-unsaturated/α-hetero) is 1. The van der Waals surface area contributed by atoms with E-state index in [9.17, 15) is 4.79 Å². The zero-order chi connectivity index (χ0) is 12.3. The molecule has 0 atom stereocenters. The summed E-state index contributed by atoms with van der Waals surface area (Å²) >= 11 is 0. The maximum atomic E-state index is 11.7. The van der Waals surface area contributed by atoms with Gasteiger partial charge in [-0.25, -0.2) is 4.99 Å². The molecule has 1 heterocycles. The second-order valence-electron chi connectivity index (χ2n) is 6.53. The summed E-state index contributed by atoms with van der Waals surface area (Å²) in [5.41, 5.74) is 1.44. The van der Waals surface area contributed by atoms with Crippen LogP contribution < -0.4 is 10.3 Å². The first-order chi connectivity index (χ1) is 8.05. The molecule has 2 aliphatic rings. The van der Waals surface area contributed by atoms with Gasteiger partial charge in [0.1, 0.15) is 12.3 Å². The van der Waals surface area contributed by atoms with Gasteiger partial charge >= 0.3 is 0 Å². The Kier molecular flexibility index (Phi) is 3.97. The van der Waals surface area contributed by atoms with Crippen LogP contribution in [0.15, 0.2) is 0 Å². The van der Waals surface area contributed by atoms with E-state index in [1.54, 1.807) is 0 Å². The molecule has 0 bridgehead atoms. The Morgan fingerprint density at radius 3 is 2.65 bits per heavy atom. The topological polar surface area (TPSA) is 47.6 Å². The number of carbonyl (C=O) groups excluding carboxylic acids is 1. The first kappa shape index (κ1) is 12.7. The Labute approximate surface area is 104 Å². The van der Waals surface area contributed by atoms with E-state index >= 15 is 0 Å². The van der Waals surface area contributed by atoms with Crippen LogP contribution in [0.5, 0.6) is 0 Å². The van der Waals surface area contributed by atoms with Crippen LogP contribution in [0.25, 0.3) is 0 Å². The molecule has 0 unspecified atom stereocenters. The van der Waals surface area contributed by atoms with E-state index in [1.165, 1.54) is 31.6 Å². The molecule has 17 heavy (non-hydrogen) atoms. The summed E-state index contributed by atoms with van der Waals surface area (Å²) in [7, 11) is 0. The van der Waals surface area contributed by atoms with Gasteiger partial charge in [0.2, 0.25) is 0 Å². The number of hydrogen-bond donors (Lipinski definition) is 2. The summed E-state index contributed by atoms with van der Waals surface area (Å²) in [6, 6.07) is 0. The highest BCUT2D eigenvalue weighted by Crippen LogP contribution is 2.30. The second-order valence-corrected chi connectivity index (χ2v) is 6.53. The van der Waals surface area contributed by atoms with Crippen molar-refractivity contribution in [3.63, 3.8) is 0 Å². The van der Waals surface area contributed by atoms with Crippen LogP contribution in [0.3, 0.4) is 0 Å². The van der Waals surface area contributed by atoms with E-state index < -0.39 is 0 Å². The van der Waals surface area contributed by atoms with Crippen molar-refractivity contribution in [2.75, 3.05) is 19.6 Å². The predicted molar refractivity (Wildman–Crippen MR) is 67.9 cm³/mol. The standard InChI is InChI=1S/C14H24N2O/c1-14(2)8-12(7-13(17)9-14)16-10-11-3-5-15-6-4-11/h11,15H,3-10H2,1-2H3/p+2. The summed E-state index contributed by atoms with van der Waals surface area (Å²) in [6.07, 6.45) is 5.12. The number of hydrogen-bond acceptors (Lipinski definition) is 1. The number of rotatable bonds is 2. The van der Waals surface area contributed by atoms with Crippen molar-refractivity contribution in [3.8, 4) is 0 Å². The number of piperidine rings is 1. The van der Waals surface area contributed by atoms with Crippen molar-refractivity contribution in [3.05, 3.63) is 0 Å². The van der Waals surface area contributed by atoms with Crippen LogP contribution in [0.4, 0.5) is 0 Å². The highest BCUT2D eigenvalue weighted by atomic mass is 16.1. The number of ketones is 1. The third-order valence-electron chi connectivity index (χ3n) is 3.98. The maximum Gasteiger partial charge on any atom is 0.158 e. The van der Waals surface area contributed by atoms with Gasteiger partial charge < -0.3 is 5.32 Å². The molecule has 1 aliphatic heterocycles. The Bertz CT molecular complexity index is 314. The lowest BCUT2D eigenvalue weighted by molar-refractivity contribution is -0.667. The molecule has 2 rings (SSSR count).